The average Bonchev–Trinajstić information content (AvgIpc) is 2.44. The largest absolute Gasteiger partial charge is 0.345 e. The number of amides is 1. The number of hydrogen-bond donors (Lipinski definition) is 1. The van der Waals surface area contributed by atoms with E-state index in [-0.39, 0.29) is 5.91 Å². The standard InChI is InChI=1S/C14H30N4O/c1-3-16(2)14(19)13-18-11-9-17(10-12-18)8-6-4-5-7-15/h3-13,15H2,1-2H3. The van der Waals surface area contributed by atoms with Gasteiger partial charge >= 0.3 is 0 Å². The first-order valence-corrected chi connectivity index (χ1v) is 7.56. The first kappa shape index (κ1) is 16.4. The van der Waals surface area contributed by atoms with Crippen molar-refractivity contribution < 1.29 is 4.79 Å². The molecule has 0 aromatic carbocycles. The maximum Gasteiger partial charge on any atom is 0.236 e. The molecule has 19 heavy (non-hydrogen) atoms. The molecule has 0 spiro atoms. The minimum atomic E-state index is 0.235. The van der Waals surface area contributed by atoms with Gasteiger partial charge in [0.2, 0.25) is 5.91 Å². The molecule has 1 rings (SSSR count). The molecule has 1 aliphatic rings. The molecular weight excluding hydrogens is 240 g/mol. The lowest BCUT2D eigenvalue weighted by molar-refractivity contribution is -0.131. The van der Waals surface area contributed by atoms with Crippen LogP contribution >= 0.6 is 0 Å². The molecule has 0 atom stereocenters. The Hall–Kier alpha value is -0.650. The summed E-state index contributed by atoms with van der Waals surface area (Å²) in [6, 6.07) is 0. The lowest BCUT2D eigenvalue weighted by Crippen LogP contribution is -2.49. The third-order valence-corrected chi connectivity index (χ3v) is 3.90. The summed E-state index contributed by atoms with van der Waals surface area (Å²) in [4.78, 5) is 18.4. The van der Waals surface area contributed by atoms with Crippen molar-refractivity contribution in [2.45, 2.75) is 26.2 Å². The van der Waals surface area contributed by atoms with Crippen LogP contribution in [0.2, 0.25) is 0 Å². The SMILES string of the molecule is CCN(C)C(=O)CN1CCN(CCCCCN)CC1. The summed E-state index contributed by atoms with van der Waals surface area (Å²) in [6.45, 7) is 9.57. The molecule has 0 aliphatic carbocycles. The molecule has 1 amide bonds. The van der Waals surface area contributed by atoms with Gasteiger partial charge in [-0.15, -0.1) is 0 Å². The van der Waals surface area contributed by atoms with Crippen molar-refractivity contribution >= 4 is 5.91 Å². The molecule has 1 saturated heterocycles. The van der Waals surface area contributed by atoms with Gasteiger partial charge in [0.25, 0.3) is 0 Å². The highest BCUT2D eigenvalue weighted by atomic mass is 16.2. The van der Waals surface area contributed by atoms with Crippen LogP contribution in [0.1, 0.15) is 26.2 Å². The van der Waals surface area contributed by atoms with E-state index in [1.54, 1.807) is 4.90 Å². The Balaban J connectivity index is 2.13. The second-order valence-electron chi connectivity index (χ2n) is 5.38. The summed E-state index contributed by atoms with van der Waals surface area (Å²) in [6.07, 6.45) is 3.61. The van der Waals surface area contributed by atoms with Gasteiger partial charge in [0.1, 0.15) is 0 Å². The van der Waals surface area contributed by atoms with Crippen LogP contribution in [0.25, 0.3) is 0 Å². The summed E-state index contributed by atoms with van der Waals surface area (Å²) in [7, 11) is 1.87. The van der Waals surface area contributed by atoms with Gasteiger partial charge in [-0.1, -0.05) is 6.42 Å². The quantitative estimate of drug-likeness (QED) is 0.641. The second-order valence-corrected chi connectivity index (χ2v) is 5.38. The summed E-state index contributed by atoms with van der Waals surface area (Å²) in [5, 5.41) is 0. The Morgan fingerprint density at radius 1 is 1.11 bits per heavy atom. The Morgan fingerprint density at radius 2 is 1.74 bits per heavy atom. The highest BCUT2D eigenvalue weighted by molar-refractivity contribution is 5.77. The van der Waals surface area contributed by atoms with Gasteiger partial charge in [0, 0.05) is 39.8 Å². The molecule has 0 saturated carbocycles. The van der Waals surface area contributed by atoms with Gasteiger partial charge in [-0.25, -0.2) is 0 Å². The maximum atomic E-state index is 11.8. The number of nitrogens with zero attached hydrogens (tertiary/aromatic N) is 3. The molecule has 1 fully saturated rings. The van der Waals surface area contributed by atoms with Crippen molar-refractivity contribution in [1.29, 1.82) is 0 Å². The van der Waals surface area contributed by atoms with Crippen LogP contribution < -0.4 is 5.73 Å². The number of hydrogen-bond acceptors (Lipinski definition) is 4. The zero-order valence-electron chi connectivity index (χ0n) is 12.6. The summed E-state index contributed by atoms with van der Waals surface area (Å²) >= 11 is 0. The van der Waals surface area contributed by atoms with Gasteiger partial charge in [-0.2, -0.15) is 0 Å². The van der Waals surface area contributed by atoms with Gasteiger partial charge in [0.05, 0.1) is 6.54 Å². The fourth-order valence-corrected chi connectivity index (χ4v) is 2.32. The average molecular weight is 270 g/mol. The lowest BCUT2D eigenvalue weighted by atomic mass is 10.2. The molecule has 2 N–H and O–H groups in total. The van der Waals surface area contributed by atoms with E-state index in [0.29, 0.717) is 6.54 Å². The predicted molar refractivity (Wildman–Crippen MR) is 79.1 cm³/mol. The topological polar surface area (TPSA) is 52.8 Å². The van der Waals surface area contributed by atoms with E-state index in [9.17, 15) is 4.79 Å². The van der Waals surface area contributed by atoms with Crippen LogP contribution in [-0.4, -0.2) is 80.0 Å². The Bertz CT molecular complexity index is 252. The normalized spacial score (nSPS) is 17.6. The molecule has 5 nitrogen and oxygen atoms in total. The fraction of sp³-hybridized carbons (Fsp3) is 0.929. The zero-order valence-corrected chi connectivity index (χ0v) is 12.6. The van der Waals surface area contributed by atoms with Crippen molar-refractivity contribution in [3.63, 3.8) is 0 Å². The lowest BCUT2D eigenvalue weighted by Gasteiger charge is -2.34. The Labute approximate surface area is 117 Å². The molecule has 5 heteroatoms. The van der Waals surface area contributed by atoms with E-state index in [0.717, 1.165) is 45.7 Å². The van der Waals surface area contributed by atoms with E-state index in [1.165, 1.54) is 19.4 Å². The van der Waals surface area contributed by atoms with Crippen molar-refractivity contribution in [3.05, 3.63) is 0 Å². The molecule has 112 valence electrons. The summed E-state index contributed by atoms with van der Waals surface area (Å²) < 4.78 is 0. The smallest absolute Gasteiger partial charge is 0.236 e. The van der Waals surface area contributed by atoms with E-state index >= 15 is 0 Å². The van der Waals surface area contributed by atoms with Gasteiger partial charge in [-0.05, 0) is 32.9 Å². The number of rotatable bonds is 8. The van der Waals surface area contributed by atoms with Crippen molar-refractivity contribution in [3.8, 4) is 0 Å². The third-order valence-electron chi connectivity index (χ3n) is 3.90. The molecular formula is C14H30N4O. The maximum absolute atomic E-state index is 11.8. The summed E-state index contributed by atoms with van der Waals surface area (Å²) in [5.74, 6) is 0.235. The van der Waals surface area contributed by atoms with Crippen LogP contribution in [0, 0.1) is 0 Å². The van der Waals surface area contributed by atoms with Crippen LogP contribution in [0.5, 0.6) is 0 Å². The van der Waals surface area contributed by atoms with Crippen molar-refractivity contribution in [2.75, 3.05) is 59.4 Å². The number of carbonyl (C=O) groups excluding carboxylic acids is 1. The fourth-order valence-electron chi connectivity index (χ4n) is 2.32. The number of piperazine rings is 1. The van der Waals surface area contributed by atoms with Gasteiger partial charge in [-0.3, -0.25) is 9.69 Å². The number of nitrogens with two attached hydrogens (primary N) is 1. The minimum absolute atomic E-state index is 0.235. The Kier molecular flexibility index (Phi) is 8.02. The molecule has 0 bridgehead atoms. The van der Waals surface area contributed by atoms with E-state index < -0.39 is 0 Å². The molecule has 0 radical (unpaired) electrons. The molecule has 0 aromatic heterocycles. The van der Waals surface area contributed by atoms with E-state index in [4.69, 9.17) is 5.73 Å². The molecule has 0 aromatic rings. The zero-order chi connectivity index (χ0) is 14.1. The third kappa shape index (κ3) is 6.36. The number of unbranched alkanes of at least 4 members (excludes halogenated alkanes) is 2. The van der Waals surface area contributed by atoms with E-state index in [1.807, 2.05) is 14.0 Å². The predicted octanol–water partition coefficient (Wildman–Crippen LogP) is 0.211. The number of carbonyl (C=O) groups is 1. The van der Waals surface area contributed by atoms with E-state index in [2.05, 4.69) is 9.80 Å². The highest BCUT2D eigenvalue weighted by Crippen LogP contribution is 2.05. The minimum Gasteiger partial charge on any atom is -0.345 e. The molecule has 0 unspecified atom stereocenters. The number of likely N-dealkylation sites (N-methyl/N-ethyl adjacent to an activating group) is 1. The van der Waals surface area contributed by atoms with Gasteiger partial charge < -0.3 is 15.5 Å². The van der Waals surface area contributed by atoms with Crippen LogP contribution in [0.3, 0.4) is 0 Å². The summed E-state index contributed by atoms with van der Waals surface area (Å²) in [5.41, 5.74) is 5.49. The molecule has 1 aliphatic heterocycles. The molecule has 1 heterocycles. The Morgan fingerprint density at radius 3 is 2.32 bits per heavy atom. The van der Waals surface area contributed by atoms with Gasteiger partial charge in [0.15, 0.2) is 0 Å². The first-order chi connectivity index (χ1) is 9.17. The highest BCUT2D eigenvalue weighted by Gasteiger charge is 2.19. The second kappa shape index (κ2) is 9.28. The monoisotopic (exact) mass is 270 g/mol. The van der Waals surface area contributed by atoms with Crippen LogP contribution in [0.15, 0.2) is 0 Å². The van der Waals surface area contributed by atoms with Crippen molar-refractivity contribution in [2.24, 2.45) is 5.73 Å². The first-order valence-electron chi connectivity index (χ1n) is 7.56. The van der Waals surface area contributed by atoms with Crippen LogP contribution in [-0.2, 0) is 4.79 Å². The van der Waals surface area contributed by atoms with Crippen LogP contribution in [0.4, 0.5) is 0 Å². The van der Waals surface area contributed by atoms with Crippen molar-refractivity contribution in [1.82, 2.24) is 14.7 Å².